The molecule has 2 aromatic heterocycles. The second-order valence-corrected chi connectivity index (χ2v) is 3.95. The van der Waals surface area contributed by atoms with Gasteiger partial charge in [-0.25, -0.2) is 4.98 Å². The van der Waals surface area contributed by atoms with E-state index in [4.69, 9.17) is 4.42 Å². The molecule has 0 fully saturated rings. The Hall–Kier alpha value is -2.43. The fourth-order valence-electron chi connectivity index (χ4n) is 1.62. The Morgan fingerprint density at radius 2 is 2.11 bits per heavy atom. The van der Waals surface area contributed by atoms with Crippen LogP contribution in [-0.4, -0.2) is 17.2 Å². The van der Waals surface area contributed by atoms with Gasteiger partial charge in [-0.2, -0.15) is 0 Å². The van der Waals surface area contributed by atoms with Gasteiger partial charge in [-0.3, -0.25) is 9.59 Å². The highest BCUT2D eigenvalue weighted by Gasteiger charge is 2.12. The van der Waals surface area contributed by atoms with Gasteiger partial charge in [0.2, 0.25) is 0 Å². The number of anilines is 1. The molecule has 0 atom stereocenters. The first-order valence-corrected chi connectivity index (χ1v) is 5.40. The number of aldehydes is 1. The third-order valence-corrected chi connectivity index (χ3v) is 2.31. The molecule has 92 valence electrons. The van der Waals surface area contributed by atoms with E-state index < -0.39 is 5.91 Å². The van der Waals surface area contributed by atoms with Crippen molar-refractivity contribution in [2.24, 2.45) is 0 Å². The predicted molar refractivity (Wildman–Crippen MR) is 65.8 cm³/mol. The lowest BCUT2D eigenvalue weighted by molar-refractivity contribution is 0.0992. The van der Waals surface area contributed by atoms with Crippen molar-refractivity contribution in [2.75, 3.05) is 5.32 Å². The fourth-order valence-corrected chi connectivity index (χ4v) is 1.62. The molecule has 2 aromatic rings. The number of aryl methyl sites for hydroxylation is 2. The van der Waals surface area contributed by atoms with Gasteiger partial charge in [-0.15, -0.1) is 0 Å². The lowest BCUT2D eigenvalue weighted by atomic mass is 10.2. The summed E-state index contributed by atoms with van der Waals surface area (Å²) in [5.74, 6) is 0.230. The van der Waals surface area contributed by atoms with Gasteiger partial charge < -0.3 is 9.73 Å². The first-order chi connectivity index (χ1) is 8.58. The molecule has 0 saturated heterocycles. The summed E-state index contributed by atoms with van der Waals surface area (Å²) in [4.78, 5) is 26.4. The SMILES string of the molecule is Cc1cc(C)nc(NC(=O)c2ccc(C=O)o2)c1. The molecule has 0 radical (unpaired) electrons. The van der Waals surface area contributed by atoms with E-state index in [1.54, 1.807) is 6.07 Å². The number of aromatic nitrogens is 1. The molecule has 0 aromatic carbocycles. The van der Waals surface area contributed by atoms with Crippen LogP contribution in [0.1, 0.15) is 32.4 Å². The highest BCUT2D eigenvalue weighted by atomic mass is 16.4. The van der Waals surface area contributed by atoms with E-state index in [1.165, 1.54) is 12.1 Å². The number of nitrogens with zero attached hydrogens (tertiary/aromatic N) is 1. The zero-order chi connectivity index (χ0) is 13.1. The third kappa shape index (κ3) is 2.63. The Balaban J connectivity index is 2.18. The Morgan fingerprint density at radius 3 is 2.72 bits per heavy atom. The van der Waals surface area contributed by atoms with Gasteiger partial charge in [0.05, 0.1) is 0 Å². The summed E-state index contributed by atoms with van der Waals surface area (Å²) < 4.78 is 5.02. The average molecular weight is 244 g/mol. The molecule has 0 aliphatic rings. The van der Waals surface area contributed by atoms with Gasteiger partial charge in [0.15, 0.2) is 17.8 Å². The van der Waals surface area contributed by atoms with Gasteiger partial charge in [-0.1, -0.05) is 0 Å². The highest BCUT2D eigenvalue weighted by Crippen LogP contribution is 2.12. The van der Waals surface area contributed by atoms with Crippen LogP contribution in [0, 0.1) is 13.8 Å². The van der Waals surface area contributed by atoms with Crippen LogP contribution in [-0.2, 0) is 0 Å². The molecule has 0 aliphatic heterocycles. The first kappa shape index (κ1) is 12.0. The largest absolute Gasteiger partial charge is 0.448 e. The number of furan rings is 1. The van der Waals surface area contributed by atoms with Gasteiger partial charge in [0.25, 0.3) is 5.91 Å². The summed E-state index contributed by atoms with van der Waals surface area (Å²) in [5.41, 5.74) is 1.82. The summed E-state index contributed by atoms with van der Waals surface area (Å²) in [6, 6.07) is 6.56. The van der Waals surface area contributed by atoms with E-state index in [0.717, 1.165) is 11.3 Å². The summed E-state index contributed by atoms with van der Waals surface area (Å²) in [7, 11) is 0. The Labute approximate surface area is 104 Å². The van der Waals surface area contributed by atoms with Crippen LogP contribution < -0.4 is 5.32 Å². The number of rotatable bonds is 3. The second kappa shape index (κ2) is 4.83. The molecule has 0 spiro atoms. The van der Waals surface area contributed by atoms with Crippen molar-refractivity contribution in [3.05, 3.63) is 47.0 Å². The summed E-state index contributed by atoms with van der Waals surface area (Å²) in [6.07, 6.45) is 0.547. The predicted octanol–water partition coefficient (Wildman–Crippen LogP) is 2.36. The zero-order valence-electron chi connectivity index (χ0n) is 10.1. The van der Waals surface area contributed by atoms with Crippen LogP contribution in [0.3, 0.4) is 0 Å². The molecule has 2 rings (SSSR count). The van der Waals surface area contributed by atoms with Crippen LogP contribution in [0.5, 0.6) is 0 Å². The fraction of sp³-hybridized carbons (Fsp3) is 0.154. The molecule has 2 heterocycles. The Bertz CT molecular complexity index is 582. The third-order valence-electron chi connectivity index (χ3n) is 2.31. The smallest absolute Gasteiger partial charge is 0.292 e. The van der Waals surface area contributed by atoms with E-state index >= 15 is 0 Å². The van der Waals surface area contributed by atoms with Gasteiger partial charge in [0.1, 0.15) is 5.82 Å². The molecule has 0 saturated carbocycles. The molecule has 1 amide bonds. The molecular formula is C13H12N2O3. The molecule has 18 heavy (non-hydrogen) atoms. The van der Waals surface area contributed by atoms with Crippen LogP contribution in [0.15, 0.2) is 28.7 Å². The topological polar surface area (TPSA) is 72.2 Å². The number of hydrogen-bond donors (Lipinski definition) is 1. The average Bonchev–Trinajstić information content (AvgIpc) is 2.75. The van der Waals surface area contributed by atoms with Crippen LogP contribution in [0.4, 0.5) is 5.82 Å². The van der Waals surface area contributed by atoms with Crippen LogP contribution >= 0.6 is 0 Å². The summed E-state index contributed by atoms with van der Waals surface area (Å²) in [5, 5.41) is 2.62. The van der Waals surface area contributed by atoms with E-state index in [9.17, 15) is 9.59 Å². The zero-order valence-corrected chi connectivity index (χ0v) is 10.1. The van der Waals surface area contributed by atoms with Gasteiger partial charge >= 0.3 is 0 Å². The minimum Gasteiger partial charge on any atom is -0.448 e. The first-order valence-electron chi connectivity index (χ1n) is 5.40. The lowest BCUT2D eigenvalue weighted by Gasteiger charge is -2.04. The van der Waals surface area contributed by atoms with Crippen molar-refractivity contribution in [1.29, 1.82) is 0 Å². The van der Waals surface area contributed by atoms with Gasteiger partial charge in [0, 0.05) is 5.69 Å². The van der Waals surface area contributed by atoms with Crippen molar-refractivity contribution in [2.45, 2.75) is 13.8 Å². The van der Waals surface area contributed by atoms with E-state index in [0.29, 0.717) is 12.1 Å². The second-order valence-electron chi connectivity index (χ2n) is 3.95. The molecule has 5 heteroatoms. The molecule has 0 aliphatic carbocycles. The van der Waals surface area contributed by atoms with E-state index in [1.807, 2.05) is 19.9 Å². The number of carbonyl (C=O) groups is 2. The van der Waals surface area contributed by atoms with Crippen molar-refractivity contribution in [3.63, 3.8) is 0 Å². The minimum absolute atomic E-state index is 0.0815. The van der Waals surface area contributed by atoms with Crippen LogP contribution in [0.2, 0.25) is 0 Å². The van der Waals surface area contributed by atoms with Crippen molar-refractivity contribution < 1.29 is 14.0 Å². The quantitative estimate of drug-likeness (QED) is 0.841. The maximum atomic E-state index is 11.8. The standard InChI is InChI=1S/C13H12N2O3/c1-8-5-9(2)14-12(6-8)15-13(17)11-4-3-10(7-16)18-11/h3-7H,1-2H3,(H,14,15,17). The summed E-state index contributed by atoms with van der Waals surface area (Å²) in [6.45, 7) is 3.77. The summed E-state index contributed by atoms with van der Waals surface area (Å²) >= 11 is 0. The molecule has 1 N–H and O–H groups in total. The maximum absolute atomic E-state index is 11.8. The molecule has 5 nitrogen and oxygen atoms in total. The molecule has 0 bridgehead atoms. The normalized spacial score (nSPS) is 10.1. The number of hydrogen-bond acceptors (Lipinski definition) is 4. The van der Waals surface area contributed by atoms with E-state index in [-0.39, 0.29) is 11.5 Å². The van der Waals surface area contributed by atoms with Gasteiger partial charge in [-0.05, 0) is 43.7 Å². The number of amides is 1. The van der Waals surface area contributed by atoms with Crippen molar-refractivity contribution >= 4 is 18.0 Å². The molecule has 0 unspecified atom stereocenters. The number of nitrogens with one attached hydrogen (secondary N) is 1. The number of pyridine rings is 1. The Morgan fingerprint density at radius 1 is 1.33 bits per heavy atom. The van der Waals surface area contributed by atoms with E-state index in [2.05, 4.69) is 10.3 Å². The highest BCUT2D eigenvalue weighted by molar-refractivity contribution is 6.02. The lowest BCUT2D eigenvalue weighted by Crippen LogP contribution is -2.12. The minimum atomic E-state index is -0.430. The van der Waals surface area contributed by atoms with Crippen molar-refractivity contribution in [3.8, 4) is 0 Å². The number of carbonyl (C=O) groups excluding carboxylic acids is 2. The monoisotopic (exact) mass is 244 g/mol. The van der Waals surface area contributed by atoms with Crippen LogP contribution in [0.25, 0.3) is 0 Å². The van der Waals surface area contributed by atoms with Crippen molar-refractivity contribution in [1.82, 2.24) is 4.98 Å². The Kier molecular flexibility index (Phi) is 3.23. The maximum Gasteiger partial charge on any atom is 0.292 e. The molecular weight excluding hydrogens is 232 g/mol.